The Morgan fingerprint density at radius 2 is 2.50 bits per heavy atom. The van der Waals surface area contributed by atoms with Gasteiger partial charge >= 0.3 is 0 Å². The van der Waals surface area contributed by atoms with Crippen molar-refractivity contribution >= 4 is 11.8 Å². The van der Waals surface area contributed by atoms with Crippen molar-refractivity contribution in [2.45, 2.75) is 5.75 Å². The zero-order valence-corrected chi connectivity index (χ0v) is 7.43. The molecule has 1 aromatic heterocycles. The lowest BCUT2D eigenvalue weighted by Gasteiger charge is -1.96. The minimum atomic E-state index is -0.109. The van der Waals surface area contributed by atoms with Gasteiger partial charge in [-0.3, -0.25) is 9.78 Å². The molecule has 1 rings (SSSR count). The first kappa shape index (κ1) is 9.28. The highest BCUT2D eigenvalue weighted by atomic mass is 32.2. The number of nitrogens with zero attached hydrogens (tertiary/aromatic N) is 1. The van der Waals surface area contributed by atoms with Crippen LogP contribution < -0.4 is 11.3 Å². The summed E-state index contributed by atoms with van der Waals surface area (Å²) in [6.45, 7) is 0.634. The minimum absolute atomic E-state index is 0.109. The summed E-state index contributed by atoms with van der Waals surface area (Å²) in [5, 5.41) is 0. The van der Waals surface area contributed by atoms with Gasteiger partial charge in [0.25, 0.3) is 5.56 Å². The monoisotopic (exact) mass is 185 g/mol. The molecule has 0 bridgehead atoms. The van der Waals surface area contributed by atoms with Gasteiger partial charge in [-0.1, -0.05) is 0 Å². The maximum atomic E-state index is 11.1. The van der Waals surface area contributed by atoms with Gasteiger partial charge in [-0.05, 0) is 0 Å². The number of hydrogen-bond donors (Lipinski definition) is 2. The van der Waals surface area contributed by atoms with Crippen LogP contribution >= 0.6 is 11.8 Å². The molecule has 5 heteroatoms. The highest BCUT2D eigenvalue weighted by molar-refractivity contribution is 7.98. The summed E-state index contributed by atoms with van der Waals surface area (Å²) >= 11 is 1.61. The van der Waals surface area contributed by atoms with Crippen LogP contribution in [0.5, 0.6) is 0 Å². The summed E-state index contributed by atoms with van der Waals surface area (Å²) < 4.78 is 0. The third kappa shape index (κ3) is 2.67. The van der Waals surface area contributed by atoms with Crippen LogP contribution in [0.3, 0.4) is 0 Å². The highest BCUT2D eigenvalue weighted by Gasteiger charge is 1.98. The molecular formula is C7H11N3OS. The van der Waals surface area contributed by atoms with Crippen LogP contribution in [0.2, 0.25) is 0 Å². The number of rotatable bonds is 4. The Kier molecular flexibility index (Phi) is 3.83. The number of aromatic amines is 1. The van der Waals surface area contributed by atoms with Gasteiger partial charge in [0, 0.05) is 30.4 Å². The second kappa shape index (κ2) is 4.95. The highest BCUT2D eigenvalue weighted by Crippen LogP contribution is 2.03. The Balaban J connectivity index is 2.52. The molecule has 0 saturated heterocycles. The predicted molar refractivity (Wildman–Crippen MR) is 50.1 cm³/mol. The van der Waals surface area contributed by atoms with E-state index in [2.05, 4.69) is 9.97 Å². The molecule has 3 N–H and O–H groups in total. The van der Waals surface area contributed by atoms with Gasteiger partial charge in [0.15, 0.2) is 0 Å². The van der Waals surface area contributed by atoms with Gasteiger partial charge in [-0.15, -0.1) is 0 Å². The lowest BCUT2D eigenvalue weighted by atomic mass is 10.5. The van der Waals surface area contributed by atoms with Gasteiger partial charge < -0.3 is 10.7 Å². The third-order valence-electron chi connectivity index (χ3n) is 1.28. The Morgan fingerprint density at radius 3 is 3.17 bits per heavy atom. The Morgan fingerprint density at radius 1 is 1.67 bits per heavy atom. The van der Waals surface area contributed by atoms with E-state index < -0.39 is 0 Å². The topological polar surface area (TPSA) is 71.8 Å². The molecule has 0 aliphatic rings. The molecule has 4 nitrogen and oxygen atoms in total. The maximum Gasteiger partial charge on any atom is 0.270 e. The van der Waals surface area contributed by atoms with Gasteiger partial charge in [0.05, 0.1) is 0 Å². The van der Waals surface area contributed by atoms with Gasteiger partial charge in [0.1, 0.15) is 5.69 Å². The van der Waals surface area contributed by atoms with Crippen molar-refractivity contribution in [3.05, 3.63) is 28.4 Å². The lowest BCUT2D eigenvalue weighted by molar-refractivity contribution is 1.04. The molecule has 0 unspecified atom stereocenters. The van der Waals surface area contributed by atoms with Crippen molar-refractivity contribution in [2.24, 2.45) is 5.73 Å². The van der Waals surface area contributed by atoms with Gasteiger partial charge in [-0.2, -0.15) is 11.8 Å². The second-order valence-corrected chi connectivity index (χ2v) is 3.31. The molecule has 1 aromatic rings. The molecule has 0 aromatic carbocycles. The largest absolute Gasteiger partial charge is 0.330 e. The SMILES string of the molecule is NCCSCc1ncc[nH]c1=O. The number of aromatic nitrogens is 2. The summed E-state index contributed by atoms with van der Waals surface area (Å²) in [6.07, 6.45) is 3.11. The van der Waals surface area contributed by atoms with Crippen LogP contribution in [0, 0.1) is 0 Å². The van der Waals surface area contributed by atoms with Crippen LogP contribution in [-0.2, 0) is 5.75 Å². The number of nitrogens with two attached hydrogens (primary N) is 1. The Bertz CT molecular complexity index is 286. The lowest BCUT2D eigenvalue weighted by Crippen LogP contribution is -2.13. The summed E-state index contributed by atoms with van der Waals surface area (Å²) in [4.78, 5) is 17.6. The Hall–Kier alpha value is -0.810. The van der Waals surface area contributed by atoms with Crippen LogP contribution in [-0.4, -0.2) is 22.3 Å². The summed E-state index contributed by atoms with van der Waals surface area (Å²) in [7, 11) is 0. The number of thioether (sulfide) groups is 1. The second-order valence-electron chi connectivity index (χ2n) is 2.21. The molecule has 0 spiro atoms. The number of H-pyrrole nitrogens is 1. The van der Waals surface area contributed by atoms with Crippen molar-refractivity contribution in [2.75, 3.05) is 12.3 Å². The molecule has 0 amide bonds. The fourth-order valence-electron chi connectivity index (χ4n) is 0.737. The quantitative estimate of drug-likeness (QED) is 0.646. The smallest absolute Gasteiger partial charge is 0.270 e. The van der Waals surface area contributed by atoms with Crippen LogP contribution in [0.4, 0.5) is 0 Å². The summed E-state index contributed by atoms with van der Waals surface area (Å²) in [6, 6.07) is 0. The average Bonchev–Trinajstić information content (AvgIpc) is 2.09. The van der Waals surface area contributed by atoms with E-state index >= 15 is 0 Å². The van der Waals surface area contributed by atoms with E-state index in [1.54, 1.807) is 18.0 Å². The standard InChI is InChI=1S/C7H11N3OS/c8-1-4-12-5-6-7(11)10-3-2-9-6/h2-3H,1,4-5,8H2,(H,10,11). The average molecular weight is 185 g/mol. The maximum absolute atomic E-state index is 11.1. The molecule has 0 fully saturated rings. The first-order chi connectivity index (χ1) is 5.84. The van der Waals surface area contributed by atoms with Crippen LogP contribution in [0.15, 0.2) is 17.2 Å². The third-order valence-corrected chi connectivity index (χ3v) is 2.28. The molecule has 12 heavy (non-hydrogen) atoms. The molecular weight excluding hydrogens is 174 g/mol. The minimum Gasteiger partial charge on any atom is -0.330 e. The zero-order chi connectivity index (χ0) is 8.81. The normalized spacial score (nSPS) is 10.1. The molecule has 0 aliphatic carbocycles. The molecule has 0 saturated carbocycles. The predicted octanol–water partition coefficient (Wildman–Crippen LogP) is -0.0382. The van der Waals surface area contributed by atoms with E-state index in [-0.39, 0.29) is 5.56 Å². The van der Waals surface area contributed by atoms with Crippen molar-refractivity contribution < 1.29 is 0 Å². The van der Waals surface area contributed by atoms with Crippen molar-refractivity contribution in [1.29, 1.82) is 0 Å². The van der Waals surface area contributed by atoms with Gasteiger partial charge in [0.2, 0.25) is 0 Å². The van der Waals surface area contributed by atoms with E-state index in [0.29, 0.717) is 18.0 Å². The van der Waals surface area contributed by atoms with Crippen LogP contribution in [0.25, 0.3) is 0 Å². The number of nitrogens with one attached hydrogen (secondary N) is 1. The summed E-state index contributed by atoms with van der Waals surface area (Å²) in [5.74, 6) is 1.49. The van der Waals surface area contributed by atoms with Crippen LogP contribution in [0.1, 0.15) is 5.69 Å². The van der Waals surface area contributed by atoms with E-state index in [9.17, 15) is 4.79 Å². The molecule has 0 radical (unpaired) electrons. The fraction of sp³-hybridized carbons (Fsp3) is 0.429. The fourth-order valence-corrected chi connectivity index (χ4v) is 1.45. The van der Waals surface area contributed by atoms with Crippen molar-refractivity contribution in [3.63, 3.8) is 0 Å². The zero-order valence-electron chi connectivity index (χ0n) is 6.62. The molecule has 0 aliphatic heterocycles. The van der Waals surface area contributed by atoms with E-state index in [1.165, 1.54) is 6.20 Å². The first-order valence-electron chi connectivity index (χ1n) is 3.65. The van der Waals surface area contributed by atoms with E-state index in [4.69, 9.17) is 5.73 Å². The van der Waals surface area contributed by atoms with Crippen molar-refractivity contribution in [1.82, 2.24) is 9.97 Å². The van der Waals surface area contributed by atoms with E-state index in [0.717, 1.165) is 5.75 Å². The number of hydrogen-bond acceptors (Lipinski definition) is 4. The molecule has 0 atom stereocenters. The molecule has 66 valence electrons. The molecule has 1 heterocycles. The Labute approximate surface area is 74.6 Å². The first-order valence-corrected chi connectivity index (χ1v) is 4.80. The van der Waals surface area contributed by atoms with E-state index in [1.807, 2.05) is 0 Å². The van der Waals surface area contributed by atoms with Crippen molar-refractivity contribution in [3.8, 4) is 0 Å². The van der Waals surface area contributed by atoms with Gasteiger partial charge in [-0.25, -0.2) is 0 Å². The summed E-state index contributed by atoms with van der Waals surface area (Å²) in [5.41, 5.74) is 5.76.